The molecule has 0 fully saturated rings. The lowest BCUT2D eigenvalue weighted by molar-refractivity contribution is 0.121. The maximum atomic E-state index is 10.6. The summed E-state index contributed by atoms with van der Waals surface area (Å²) in [4.78, 5) is 4.53. The molecule has 0 saturated carbocycles. The number of nitrogens with one attached hydrogen (secondary N) is 1. The number of nitrogens with zero attached hydrogens (tertiary/aromatic N) is 2. The van der Waals surface area contributed by atoms with Gasteiger partial charge in [-0.2, -0.15) is 0 Å². The third-order valence-corrected chi connectivity index (χ3v) is 3.84. The van der Waals surface area contributed by atoms with Crippen molar-refractivity contribution in [2.75, 3.05) is 0 Å². The molecular formula is C16H25N3O. The quantitative estimate of drug-likeness (QED) is 0.882. The molecule has 110 valence electrons. The molecule has 0 saturated heterocycles. The Kier molecular flexibility index (Phi) is 4.45. The molecule has 4 heteroatoms. The second-order valence-electron chi connectivity index (χ2n) is 5.75. The number of hydrogen-bond acceptors (Lipinski definition) is 3. The average Bonchev–Trinajstić information content (AvgIpc) is 2.70. The number of aliphatic hydroxyl groups excluding tert-OH is 1. The zero-order valence-electron chi connectivity index (χ0n) is 13.0. The second kappa shape index (κ2) is 5.94. The monoisotopic (exact) mass is 275 g/mol. The van der Waals surface area contributed by atoms with Gasteiger partial charge in [0.15, 0.2) is 0 Å². The minimum Gasteiger partial charge on any atom is -0.387 e. The lowest BCUT2D eigenvalue weighted by atomic mass is 9.99. The van der Waals surface area contributed by atoms with Crippen molar-refractivity contribution in [3.8, 4) is 0 Å². The molecule has 0 aliphatic rings. The molecule has 0 aliphatic heterocycles. The maximum Gasteiger partial charge on any atom is 0.106 e. The maximum absolute atomic E-state index is 10.6. The summed E-state index contributed by atoms with van der Waals surface area (Å²) in [6.07, 6.45) is 0.382. The fourth-order valence-corrected chi connectivity index (χ4v) is 2.61. The molecule has 0 aliphatic carbocycles. The molecule has 0 bridgehead atoms. The minimum atomic E-state index is -0.505. The van der Waals surface area contributed by atoms with Crippen LogP contribution in [-0.4, -0.2) is 26.7 Å². The van der Waals surface area contributed by atoms with Crippen molar-refractivity contribution in [1.29, 1.82) is 0 Å². The predicted molar refractivity (Wildman–Crippen MR) is 82.8 cm³/mol. The lowest BCUT2D eigenvalue weighted by Gasteiger charge is -2.25. The minimum absolute atomic E-state index is 0.0669. The number of fused-ring (bicyclic) bond motifs is 1. The van der Waals surface area contributed by atoms with E-state index in [1.54, 1.807) is 0 Å². The number of imidazole rings is 1. The number of aliphatic hydroxyl groups is 1. The van der Waals surface area contributed by atoms with Crippen LogP contribution in [-0.2, 0) is 7.05 Å². The molecule has 2 unspecified atom stereocenters. The topological polar surface area (TPSA) is 50.1 Å². The summed E-state index contributed by atoms with van der Waals surface area (Å²) in [6.45, 7) is 8.28. The van der Waals surface area contributed by atoms with Gasteiger partial charge in [0.25, 0.3) is 0 Å². The van der Waals surface area contributed by atoms with Crippen LogP contribution in [0.25, 0.3) is 11.0 Å². The molecule has 2 aromatic rings. The molecule has 0 spiro atoms. The third kappa shape index (κ3) is 2.86. The Labute approximate surface area is 120 Å². The molecule has 4 nitrogen and oxygen atoms in total. The SMILES string of the molecule is CCC(NC(C)C)C(O)c1ccc2c(c1)nc(C)n2C. The Morgan fingerprint density at radius 1 is 1.35 bits per heavy atom. The van der Waals surface area contributed by atoms with Gasteiger partial charge >= 0.3 is 0 Å². The standard InChI is InChI=1S/C16H25N3O/c1-6-13(17-10(2)3)16(20)12-7-8-15-14(9-12)18-11(4)19(15)5/h7-10,13,16-17,20H,6H2,1-5H3. The van der Waals surface area contributed by atoms with Crippen molar-refractivity contribution in [2.24, 2.45) is 7.05 Å². The summed E-state index contributed by atoms with van der Waals surface area (Å²) < 4.78 is 2.06. The van der Waals surface area contributed by atoms with Crippen LogP contribution in [0, 0.1) is 6.92 Å². The Bertz CT molecular complexity index is 589. The van der Waals surface area contributed by atoms with E-state index in [4.69, 9.17) is 0 Å². The average molecular weight is 275 g/mol. The van der Waals surface area contributed by atoms with Gasteiger partial charge in [-0.05, 0) is 31.0 Å². The zero-order valence-corrected chi connectivity index (χ0v) is 13.0. The van der Waals surface area contributed by atoms with E-state index in [-0.39, 0.29) is 6.04 Å². The highest BCUT2D eigenvalue weighted by atomic mass is 16.3. The lowest BCUT2D eigenvalue weighted by Crippen LogP contribution is -2.38. The van der Waals surface area contributed by atoms with Crippen molar-refractivity contribution in [1.82, 2.24) is 14.9 Å². The Morgan fingerprint density at radius 2 is 2.05 bits per heavy atom. The number of aromatic nitrogens is 2. The summed E-state index contributed by atoms with van der Waals surface area (Å²) in [7, 11) is 2.01. The van der Waals surface area contributed by atoms with Crippen LogP contribution in [0.5, 0.6) is 0 Å². The third-order valence-electron chi connectivity index (χ3n) is 3.84. The van der Waals surface area contributed by atoms with Crippen molar-refractivity contribution in [3.63, 3.8) is 0 Å². The van der Waals surface area contributed by atoms with Crippen LogP contribution in [0.4, 0.5) is 0 Å². The van der Waals surface area contributed by atoms with E-state index in [2.05, 4.69) is 35.6 Å². The summed E-state index contributed by atoms with van der Waals surface area (Å²) in [5.41, 5.74) is 2.97. The number of benzene rings is 1. The van der Waals surface area contributed by atoms with Gasteiger partial charge in [0.1, 0.15) is 5.82 Å². The second-order valence-corrected chi connectivity index (χ2v) is 5.75. The number of aryl methyl sites for hydroxylation is 2. The highest BCUT2D eigenvalue weighted by Crippen LogP contribution is 2.24. The molecule has 2 N–H and O–H groups in total. The highest BCUT2D eigenvalue weighted by Gasteiger charge is 2.20. The molecule has 2 rings (SSSR count). The van der Waals surface area contributed by atoms with E-state index in [9.17, 15) is 5.11 Å². The van der Waals surface area contributed by atoms with Crippen LogP contribution in [0.3, 0.4) is 0 Å². The van der Waals surface area contributed by atoms with Gasteiger partial charge in [-0.1, -0.05) is 26.8 Å². The van der Waals surface area contributed by atoms with Crippen LogP contribution in [0.15, 0.2) is 18.2 Å². The van der Waals surface area contributed by atoms with Crippen molar-refractivity contribution in [3.05, 3.63) is 29.6 Å². The first-order chi connectivity index (χ1) is 9.43. The molecule has 20 heavy (non-hydrogen) atoms. The fourth-order valence-electron chi connectivity index (χ4n) is 2.61. The predicted octanol–water partition coefficient (Wildman–Crippen LogP) is 2.69. The normalized spacial score (nSPS) is 14.9. The van der Waals surface area contributed by atoms with Crippen LogP contribution < -0.4 is 5.32 Å². The molecule has 1 heterocycles. The van der Waals surface area contributed by atoms with Gasteiger partial charge in [0.2, 0.25) is 0 Å². The molecule has 1 aromatic carbocycles. The largest absolute Gasteiger partial charge is 0.387 e. The number of rotatable bonds is 5. The Hall–Kier alpha value is -1.39. The fraction of sp³-hybridized carbons (Fsp3) is 0.562. The number of hydrogen-bond donors (Lipinski definition) is 2. The molecule has 2 atom stereocenters. The van der Waals surface area contributed by atoms with E-state index >= 15 is 0 Å². The summed E-state index contributed by atoms with van der Waals surface area (Å²) in [5, 5.41) is 14.0. The first kappa shape index (κ1) is 15.0. The Balaban J connectivity index is 2.32. The molecule has 1 aromatic heterocycles. The molecule has 0 radical (unpaired) electrons. The summed E-state index contributed by atoms with van der Waals surface area (Å²) >= 11 is 0. The van der Waals surface area contributed by atoms with Gasteiger partial charge in [-0.25, -0.2) is 4.98 Å². The molecular weight excluding hydrogens is 250 g/mol. The van der Waals surface area contributed by atoms with Crippen LogP contribution in [0.2, 0.25) is 0 Å². The summed E-state index contributed by atoms with van der Waals surface area (Å²) in [5.74, 6) is 0.985. The van der Waals surface area contributed by atoms with E-state index in [0.717, 1.165) is 28.8 Å². The van der Waals surface area contributed by atoms with E-state index in [0.29, 0.717) is 6.04 Å². The first-order valence-corrected chi connectivity index (χ1v) is 7.31. The highest BCUT2D eigenvalue weighted by molar-refractivity contribution is 5.76. The van der Waals surface area contributed by atoms with E-state index < -0.39 is 6.10 Å². The van der Waals surface area contributed by atoms with Crippen molar-refractivity contribution >= 4 is 11.0 Å². The van der Waals surface area contributed by atoms with Gasteiger partial charge in [0.05, 0.1) is 17.1 Å². The van der Waals surface area contributed by atoms with Gasteiger partial charge in [-0.3, -0.25) is 0 Å². The van der Waals surface area contributed by atoms with Crippen molar-refractivity contribution < 1.29 is 5.11 Å². The van der Waals surface area contributed by atoms with Gasteiger partial charge in [-0.15, -0.1) is 0 Å². The molecule has 0 amide bonds. The van der Waals surface area contributed by atoms with Gasteiger partial charge in [0, 0.05) is 19.1 Å². The zero-order chi connectivity index (χ0) is 14.9. The van der Waals surface area contributed by atoms with Crippen LogP contribution >= 0.6 is 0 Å². The Morgan fingerprint density at radius 3 is 2.65 bits per heavy atom. The first-order valence-electron chi connectivity index (χ1n) is 7.31. The summed E-state index contributed by atoms with van der Waals surface area (Å²) in [6, 6.07) is 6.46. The van der Waals surface area contributed by atoms with Crippen molar-refractivity contribution in [2.45, 2.75) is 52.3 Å². The van der Waals surface area contributed by atoms with Gasteiger partial charge < -0.3 is 15.0 Å². The van der Waals surface area contributed by atoms with E-state index in [1.165, 1.54) is 0 Å². The van der Waals surface area contributed by atoms with E-state index in [1.807, 2.05) is 32.2 Å². The van der Waals surface area contributed by atoms with Crippen LogP contribution in [0.1, 0.15) is 44.7 Å². The smallest absolute Gasteiger partial charge is 0.106 e.